The van der Waals surface area contributed by atoms with Crippen molar-refractivity contribution in [1.29, 1.82) is 0 Å². The van der Waals surface area contributed by atoms with E-state index in [0.29, 0.717) is 5.82 Å². The summed E-state index contributed by atoms with van der Waals surface area (Å²) in [6, 6.07) is 12.1. The minimum Gasteiger partial charge on any atom is -0.360 e. The number of pyridine rings is 1. The smallest absolute Gasteiger partial charge is 0.196 e. The van der Waals surface area contributed by atoms with Gasteiger partial charge in [0.1, 0.15) is 5.82 Å². The number of aromatic amines is 1. The fraction of sp³-hybridized carbons (Fsp3) is 0.412. The highest BCUT2D eigenvalue weighted by Gasteiger charge is 2.20. The van der Waals surface area contributed by atoms with E-state index in [-0.39, 0.29) is 11.5 Å². The first kappa shape index (κ1) is 15.4. The molecular formula is C17H22N6. The molecule has 0 spiro atoms. The van der Waals surface area contributed by atoms with Crippen LogP contribution in [0.1, 0.15) is 45.5 Å². The van der Waals surface area contributed by atoms with Crippen LogP contribution in [-0.4, -0.2) is 25.6 Å². The van der Waals surface area contributed by atoms with Crippen molar-refractivity contribution >= 4 is 16.7 Å². The molecule has 0 saturated carbocycles. The molecule has 0 radical (unpaired) electrons. The van der Waals surface area contributed by atoms with Crippen LogP contribution in [0, 0.1) is 5.41 Å². The number of hydrogen-bond donors (Lipinski definition) is 2. The number of anilines is 1. The van der Waals surface area contributed by atoms with Crippen molar-refractivity contribution in [3.05, 3.63) is 42.2 Å². The lowest BCUT2D eigenvalue weighted by Gasteiger charge is -2.22. The van der Waals surface area contributed by atoms with E-state index in [4.69, 9.17) is 0 Å². The Morgan fingerprint density at radius 2 is 1.96 bits per heavy atom. The first-order valence-corrected chi connectivity index (χ1v) is 7.87. The van der Waals surface area contributed by atoms with Gasteiger partial charge in [0.25, 0.3) is 0 Å². The average Bonchev–Trinajstić information content (AvgIpc) is 3.04. The normalized spacial score (nSPS) is 13.2. The van der Waals surface area contributed by atoms with Gasteiger partial charge in [-0.1, -0.05) is 44.2 Å². The SMILES string of the molecule is CC(C)(C)CC[C@H](Nc1ccc2ccccc2n1)c1nn[nH]n1. The fourth-order valence-electron chi connectivity index (χ4n) is 2.49. The van der Waals surface area contributed by atoms with E-state index in [1.54, 1.807) is 0 Å². The summed E-state index contributed by atoms with van der Waals surface area (Å²) in [6.45, 7) is 6.69. The number of rotatable bonds is 5. The van der Waals surface area contributed by atoms with E-state index in [1.807, 2.05) is 24.3 Å². The van der Waals surface area contributed by atoms with Crippen LogP contribution < -0.4 is 5.32 Å². The van der Waals surface area contributed by atoms with Gasteiger partial charge in [0, 0.05) is 5.39 Å². The van der Waals surface area contributed by atoms with Crippen molar-refractivity contribution in [3.8, 4) is 0 Å². The molecule has 2 heterocycles. The number of nitrogens with zero attached hydrogens (tertiary/aromatic N) is 4. The topological polar surface area (TPSA) is 79.4 Å². The third kappa shape index (κ3) is 4.03. The molecular weight excluding hydrogens is 288 g/mol. The summed E-state index contributed by atoms with van der Waals surface area (Å²) < 4.78 is 0. The highest BCUT2D eigenvalue weighted by molar-refractivity contribution is 5.80. The molecule has 3 aromatic rings. The van der Waals surface area contributed by atoms with E-state index in [0.717, 1.165) is 29.6 Å². The van der Waals surface area contributed by atoms with Gasteiger partial charge in [-0.3, -0.25) is 0 Å². The Kier molecular flexibility index (Phi) is 4.23. The van der Waals surface area contributed by atoms with Crippen LogP contribution in [0.5, 0.6) is 0 Å². The molecule has 0 bridgehead atoms. The minimum absolute atomic E-state index is 0.0124. The molecule has 0 saturated heterocycles. The van der Waals surface area contributed by atoms with Crippen LogP contribution in [0.15, 0.2) is 36.4 Å². The van der Waals surface area contributed by atoms with Gasteiger partial charge < -0.3 is 5.32 Å². The summed E-state index contributed by atoms with van der Waals surface area (Å²) in [7, 11) is 0. The maximum Gasteiger partial charge on any atom is 0.196 e. The summed E-state index contributed by atoms with van der Waals surface area (Å²) in [5.74, 6) is 1.50. The lowest BCUT2D eigenvalue weighted by Crippen LogP contribution is -2.17. The molecule has 1 atom stereocenters. The summed E-state index contributed by atoms with van der Waals surface area (Å²) in [5.41, 5.74) is 1.22. The Bertz CT molecular complexity index is 760. The molecule has 2 N–H and O–H groups in total. The summed E-state index contributed by atoms with van der Waals surface area (Å²) >= 11 is 0. The molecule has 1 aromatic carbocycles. The maximum atomic E-state index is 4.67. The highest BCUT2D eigenvalue weighted by atomic mass is 15.5. The van der Waals surface area contributed by atoms with Gasteiger partial charge in [-0.15, -0.1) is 10.2 Å². The maximum absolute atomic E-state index is 4.67. The molecule has 120 valence electrons. The zero-order valence-corrected chi connectivity index (χ0v) is 13.7. The Labute approximate surface area is 135 Å². The largest absolute Gasteiger partial charge is 0.360 e. The third-order valence-corrected chi connectivity index (χ3v) is 3.78. The van der Waals surface area contributed by atoms with Gasteiger partial charge in [0.2, 0.25) is 0 Å². The quantitative estimate of drug-likeness (QED) is 0.750. The highest BCUT2D eigenvalue weighted by Crippen LogP contribution is 2.28. The Hall–Kier alpha value is -2.50. The van der Waals surface area contributed by atoms with Gasteiger partial charge in [0.05, 0.1) is 11.6 Å². The molecule has 0 aliphatic rings. The monoisotopic (exact) mass is 310 g/mol. The fourth-order valence-corrected chi connectivity index (χ4v) is 2.49. The second kappa shape index (κ2) is 6.32. The molecule has 0 unspecified atom stereocenters. The van der Waals surface area contributed by atoms with E-state index < -0.39 is 0 Å². The molecule has 0 fully saturated rings. The van der Waals surface area contributed by atoms with Gasteiger partial charge >= 0.3 is 0 Å². The van der Waals surface area contributed by atoms with Gasteiger partial charge in [-0.25, -0.2) is 4.98 Å². The second-order valence-corrected chi connectivity index (χ2v) is 6.96. The van der Waals surface area contributed by atoms with Crippen molar-refractivity contribution in [1.82, 2.24) is 25.6 Å². The minimum atomic E-state index is -0.0124. The standard InChI is InChI=1S/C17H22N6/c1-17(2,3)11-10-14(16-20-22-23-21-16)19-15-9-8-12-6-4-5-7-13(12)18-15/h4-9,14H,10-11H2,1-3H3,(H,18,19)(H,20,21,22,23)/t14-/m0/s1. The van der Waals surface area contributed by atoms with Crippen molar-refractivity contribution in [2.45, 2.75) is 39.7 Å². The number of fused-ring (bicyclic) bond motifs is 1. The zero-order valence-electron chi connectivity index (χ0n) is 13.7. The number of aromatic nitrogens is 5. The Morgan fingerprint density at radius 3 is 2.70 bits per heavy atom. The van der Waals surface area contributed by atoms with Crippen LogP contribution in [0.2, 0.25) is 0 Å². The summed E-state index contributed by atoms with van der Waals surface area (Å²) in [4.78, 5) is 4.67. The molecule has 3 rings (SSSR count). The zero-order chi connectivity index (χ0) is 16.3. The van der Waals surface area contributed by atoms with E-state index in [9.17, 15) is 0 Å². The van der Waals surface area contributed by atoms with Gasteiger partial charge in [0.15, 0.2) is 5.82 Å². The van der Waals surface area contributed by atoms with Crippen molar-refractivity contribution in [2.24, 2.45) is 5.41 Å². The number of H-pyrrole nitrogens is 1. The first-order chi connectivity index (χ1) is 11.0. The van der Waals surface area contributed by atoms with Crippen molar-refractivity contribution in [3.63, 3.8) is 0 Å². The average molecular weight is 310 g/mol. The lowest BCUT2D eigenvalue weighted by molar-refractivity contribution is 0.352. The van der Waals surface area contributed by atoms with E-state index in [1.165, 1.54) is 0 Å². The summed E-state index contributed by atoms with van der Waals surface area (Å²) in [5, 5.41) is 19.1. The predicted molar refractivity (Wildman–Crippen MR) is 91.0 cm³/mol. The van der Waals surface area contributed by atoms with Crippen LogP contribution in [0.4, 0.5) is 5.82 Å². The van der Waals surface area contributed by atoms with Crippen LogP contribution >= 0.6 is 0 Å². The van der Waals surface area contributed by atoms with E-state index >= 15 is 0 Å². The number of nitrogens with one attached hydrogen (secondary N) is 2. The molecule has 6 nitrogen and oxygen atoms in total. The Balaban J connectivity index is 1.81. The van der Waals surface area contributed by atoms with Crippen molar-refractivity contribution < 1.29 is 0 Å². The van der Waals surface area contributed by atoms with Crippen LogP contribution in [0.3, 0.4) is 0 Å². The third-order valence-electron chi connectivity index (χ3n) is 3.78. The summed E-state index contributed by atoms with van der Waals surface area (Å²) in [6.07, 6.45) is 1.96. The molecule has 0 amide bonds. The molecule has 0 aliphatic heterocycles. The van der Waals surface area contributed by atoms with Gasteiger partial charge in [-0.2, -0.15) is 5.21 Å². The van der Waals surface area contributed by atoms with Crippen LogP contribution in [-0.2, 0) is 0 Å². The number of tetrazole rings is 1. The number of para-hydroxylation sites is 1. The van der Waals surface area contributed by atoms with Crippen molar-refractivity contribution in [2.75, 3.05) is 5.32 Å². The van der Waals surface area contributed by atoms with Gasteiger partial charge in [-0.05, 0) is 36.5 Å². The molecule has 23 heavy (non-hydrogen) atoms. The lowest BCUT2D eigenvalue weighted by atomic mass is 9.88. The number of benzene rings is 1. The Morgan fingerprint density at radius 1 is 1.13 bits per heavy atom. The van der Waals surface area contributed by atoms with E-state index in [2.05, 4.69) is 63.8 Å². The molecule has 6 heteroatoms. The predicted octanol–water partition coefficient (Wildman–Crippen LogP) is 3.73. The molecule has 2 aromatic heterocycles. The number of hydrogen-bond acceptors (Lipinski definition) is 5. The van der Waals surface area contributed by atoms with Crippen LogP contribution in [0.25, 0.3) is 10.9 Å². The first-order valence-electron chi connectivity index (χ1n) is 7.87. The molecule has 0 aliphatic carbocycles. The second-order valence-electron chi connectivity index (χ2n) is 6.96.